The van der Waals surface area contributed by atoms with E-state index in [1.165, 1.54) is 0 Å². The molecule has 148 valence electrons. The van der Waals surface area contributed by atoms with Gasteiger partial charge in [-0.1, -0.05) is 6.42 Å². The van der Waals surface area contributed by atoms with Crippen LogP contribution >= 0.6 is 11.8 Å². The zero-order valence-electron chi connectivity index (χ0n) is 14.7. The summed E-state index contributed by atoms with van der Waals surface area (Å²) in [7, 11) is 0. The van der Waals surface area contributed by atoms with Crippen LogP contribution in [0.25, 0.3) is 0 Å². The van der Waals surface area contributed by atoms with Crippen LogP contribution in [-0.2, 0) is 19.1 Å². The number of rotatable bonds is 13. The Balaban J connectivity index is 1.40. The van der Waals surface area contributed by atoms with Crippen molar-refractivity contribution in [2.24, 2.45) is 0 Å². The topological polar surface area (TPSA) is 126 Å². The van der Waals surface area contributed by atoms with Gasteiger partial charge in [-0.25, -0.2) is 9.59 Å². The highest BCUT2D eigenvalue weighted by Gasteiger charge is 2.42. The molecule has 2 aliphatic heterocycles. The quantitative estimate of drug-likeness (QED) is 0.257. The van der Waals surface area contributed by atoms with Crippen molar-refractivity contribution in [1.29, 1.82) is 0 Å². The van der Waals surface area contributed by atoms with Crippen molar-refractivity contribution in [3.8, 4) is 0 Å². The minimum absolute atomic E-state index is 0.00325. The SMILES string of the molecule is O=C(O)COCCOCCNC(=O)CCCC[C@@H]1SC[C@@H]2NC(=O)N[C@@H]21. The van der Waals surface area contributed by atoms with Crippen LogP contribution < -0.4 is 16.0 Å². The summed E-state index contributed by atoms with van der Waals surface area (Å²) in [4.78, 5) is 33.3. The second-order valence-corrected chi connectivity index (χ2v) is 7.55. The fourth-order valence-electron chi connectivity index (χ4n) is 3.00. The van der Waals surface area contributed by atoms with E-state index in [4.69, 9.17) is 14.6 Å². The van der Waals surface area contributed by atoms with E-state index in [0.717, 1.165) is 25.0 Å². The molecular formula is C16H27N3O6S. The predicted octanol–water partition coefficient (Wildman–Crippen LogP) is -0.0538. The zero-order valence-corrected chi connectivity index (χ0v) is 15.5. The van der Waals surface area contributed by atoms with E-state index < -0.39 is 5.97 Å². The summed E-state index contributed by atoms with van der Waals surface area (Å²) in [5, 5.41) is 17.5. The van der Waals surface area contributed by atoms with Crippen molar-refractivity contribution in [3.05, 3.63) is 0 Å². The molecule has 2 fully saturated rings. The Morgan fingerprint density at radius 3 is 2.81 bits per heavy atom. The Kier molecular flexibility index (Phi) is 8.99. The Labute approximate surface area is 156 Å². The van der Waals surface area contributed by atoms with E-state index in [0.29, 0.717) is 31.4 Å². The monoisotopic (exact) mass is 389 g/mol. The number of thioether (sulfide) groups is 1. The normalized spacial score (nSPS) is 24.0. The third-order valence-corrected chi connectivity index (χ3v) is 5.76. The molecule has 2 heterocycles. The van der Waals surface area contributed by atoms with Crippen molar-refractivity contribution < 1.29 is 29.0 Å². The molecule has 3 atom stereocenters. The molecule has 3 amide bonds. The second-order valence-electron chi connectivity index (χ2n) is 6.28. The van der Waals surface area contributed by atoms with Crippen LogP contribution in [0.1, 0.15) is 25.7 Å². The molecule has 0 aromatic heterocycles. The fourth-order valence-corrected chi connectivity index (χ4v) is 4.55. The molecule has 4 N–H and O–H groups in total. The minimum Gasteiger partial charge on any atom is -0.480 e. The molecule has 9 nitrogen and oxygen atoms in total. The number of amides is 3. The van der Waals surface area contributed by atoms with Gasteiger partial charge in [0, 0.05) is 24.0 Å². The first kappa shape index (κ1) is 20.8. The van der Waals surface area contributed by atoms with Crippen molar-refractivity contribution in [2.45, 2.75) is 43.0 Å². The first-order valence-electron chi connectivity index (χ1n) is 8.89. The smallest absolute Gasteiger partial charge is 0.329 e. The summed E-state index contributed by atoms with van der Waals surface area (Å²) in [6.07, 6.45) is 3.27. The average Bonchev–Trinajstić information content (AvgIpc) is 3.13. The van der Waals surface area contributed by atoms with Gasteiger partial charge in [-0.05, 0) is 12.8 Å². The largest absolute Gasteiger partial charge is 0.480 e. The lowest BCUT2D eigenvalue weighted by Crippen LogP contribution is -2.36. The van der Waals surface area contributed by atoms with Gasteiger partial charge in [-0.3, -0.25) is 4.79 Å². The van der Waals surface area contributed by atoms with E-state index >= 15 is 0 Å². The maximum Gasteiger partial charge on any atom is 0.329 e. The Morgan fingerprint density at radius 2 is 2.00 bits per heavy atom. The number of carbonyl (C=O) groups excluding carboxylic acids is 2. The molecule has 26 heavy (non-hydrogen) atoms. The fraction of sp³-hybridized carbons (Fsp3) is 0.812. The van der Waals surface area contributed by atoms with Crippen LogP contribution in [0.3, 0.4) is 0 Å². The minimum atomic E-state index is -1.01. The van der Waals surface area contributed by atoms with E-state index in [9.17, 15) is 14.4 Å². The van der Waals surface area contributed by atoms with Crippen LogP contribution in [0.15, 0.2) is 0 Å². The van der Waals surface area contributed by atoms with Crippen LogP contribution in [0.4, 0.5) is 4.79 Å². The van der Waals surface area contributed by atoms with Crippen molar-refractivity contribution in [1.82, 2.24) is 16.0 Å². The van der Waals surface area contributed by atoms with Crippen LogP contribution in [0.2, 0.25) is 0 Å². The van der Waals surface area contributed by atoms with Crippen molar-refractivity contribution in [2.75, 3.05) is 38.7 Å². The number of hydrogen-bond acceptors (Lipinski definition) is 6. The first-order chi connectivity index (χ1) is 12.6. The molecule has 2 rings (SSSR count). The Bertz CT molecular complexity index is 493. The number of unbranched alkanes of at least 4 members (excludes halogenated alkanes) is 1. The van der Waals surface area contributed by atoms with Gasteiger partial charge in [0.25, 0.3) is 0 Å². The number of urea groups is 1. The highest BCUT2D eigenvalue weighted by atomic mass is 32.2. The summed E-state index contributed by atoms with van der Waals surface area (Å²) in [6, 6.07) is 0.397. The third kappa shape index (κ3) is 7.38. The highest BCUT2D eigenvalue weighted by Crippen LogP contribution is 2.33. The van der Waals surface area contributed by atoms with Gasteiger partial charge in [0.15, 0.2) is 0 Å². The molecule has 2 saturated heterocycles. The molecule has 0 aliphatic carbocycles. The van der Waals surface area contributed by atoms with Crippen LogP contribution in [0.5, 0.6) is 0 Å². The molecular weight excluding hydrogens is 362 g/mol. The van der Waals surface area contributed by atoms with Crippen molar-refractivity contribution >= 4 is 29.7 Å². The number of aliphatic carboxylic acids is 1. The molecule has 0 unspecified atom stereocenters. The summed E-state index contributed by atoms with van der Waals surface area (Å²) >= 11 is 1.88. The number of carboxylic acid groups (broad SMARTS) is 1. The molecule has 0 radical (unpaired) electrons. The van der Waals surface area contributed by atoms with Gasteiger partial charge >= 0.3 is 12.0 Å². The first-order valence-corrected chi connectivity index (χ1v) is 9.93. The van der Waals surface area contributed by atoms with Gasteiger partial charge in [0.05, 0.1) is 31.9 Å². The summed E-state index contributed by atoms with van der Waals surface area (Å²) in [5.41, 5.74) is 0. The average molecular weight is 389 g/mol. The van der Waals surface area contributed by atoms with E-state index in [-0.39, 0.29) is 37.2 Å². The molecule has 10 heteroatoms. The Hall–Kier alpha value is -1.52. The Morgan fingerprint density at radius 1 is 1.19 bits per heavy atom. The van der Waals surface area contributed by atoms with E-state index in [1.807, 2.05) is 11.8 Å². The molecule has 0 saturated carbocycles. The summed E-state index contributed by atoms with van der Waals surface area (Å²) in [6.45, 7) is 0.991. The highest BCUT2D eigenvalue weighted by molar-refractivity contribution is 8.00. The van der Waals surface area contributed by atoms with E-state index in [1.54, 1.807) is 0 Å². The molecule has 2 aliphatic rings. The maximum atomic E-state index is 11.7. The molecule has 0 aromatic rings. The molecule has 0 spiro atoms. The van der Waals surface area contributed by atoms with Gasteiger partial charge < -0.3 is 30.5 Å². The third-order valence-electron chi connectivity index (χ3n) is 4.25. The predicted molar refractivity (Wildman–Crippen MR) is 96.2 cm³/mol. The number of nitrogens with one attached hydrogen (secondary N) is 3. The lowest BCUT2D eigenvalue weighted by Gasteiger charge is -2.16. The zero-order chi connectivity index (χ0) is 18.8. The summed E-state index contributed by atoms with van der Waals surface area (Å²) in [5.74, 6) is -0.0487. The summed E-state index contributed by atoms with van der Waals surface area (Å²) < 4.78 is 10.1. The number of carboxylic acids is 1. The van der Waals surface area contributed by atoms with Crippen molar-refractivity contribution in [3.63, 3.8) is 0 Å². The van der Waals surface area contributed by atoms with Crippen LogP contribution in [-0.4, -0.2) is 79.1 Å². The number of fused-ring (bicyclic) bond motifs is 1. The number of carbonyl (C=O) groups is 3. The molecule has 0 bridgehead atoms. The maximum absolute atomic E-state index is 11.7. The lowest BCUT2D eigenvalue weighted by molar-refractivity contribution is -0.142. The number of ether oxygens (including phenoxy) is 2. The van der Waals surface area contributed by atoms with E-state index in [2.05, 4.69) is 16.0 Å². The standard InChI is InChI=1S/C16H27N3O6S/c20-13(17-5-6-24-7-8-25-9-14(21)22)4-2-1-3-12-15-11(10-26-12)18-16(23)19-15/h11-12,15H,1-10H2,(H,17,20)(H,21,22)(H2,18,19,23)/t11-,12-,15-/m0/s1. The van der Waals surface area contributed by atoms with Gasteiger partial charge in [-0.15, -0.1) is 0 Å². The lowest BCUT2D eigenvalue weighted by atomic mass is 10.0. The molecule has 0 aromatic carbocycles. The van der Waals surface area contributed by atoms with Gasteiger partial charge in [0.2, 0.25) is 5.91 Å². The van der Waals surface area contributed by atoms with Gasteiger partial charge in [-0.2, -0.15) is 11.8 Å². The number of hydrogen-bond donors (Lipinski definition) is 4. The van der Waals surface area contributed by atoms with Crippen LogP contribution in [0, 0.1) is 0 Å². The second kappa shape index (κ2) is 11.2. The van der Waals surface area contributed by atoms with Gasteiger partial charge in [0.1, 0.15) is 6.61 Å².